The quantitative estimate of drug-likeness (QED) is 0.906. The number of rotatable bonds is 4. The Morgan fingerprint density at radius 2 is 1.84 bits per heavy atom. The van der Waals surface area contributed by atoms with Crippen LogP contribution in [0.1, 0.15) is 16.7 Å². The van der Waals surface area contributed by atoms with Crippen LogP contribution < -0.4 is 10.6 Å². The summed E-state index contributed by atoms with van der Waals surface area (Å²) in [7, 11) is 0. The van der Waals surface area contributed by atoms with Crippen LogP contribution in [-0.4, -0.2) is 13.1 Å². The number of benzene rings is 2. The van der Waals surface area contributed by atoms with Gasteiger partial charge in [-0.1, -0.05) is 42.5 Å². The molecule has 0 atom stereocenters. The Morgan fingerprint density at radius 1 is 1.00 bits per heavy atom. The predicted molar refractivity (Wildman–Crippen MR) is 80.4 cm³/mol. The first-order chi connectivity index (χ1) is 9.38. The lowest BCUT2D eigenvalue weighted by Crippen LogP contribution is -2.19. The molecular formula is C17H20N2. The number of hydrogen-bond donors (Lipinski definition) is 1. The molecule has 0 aliphatic carbocycles. The third-order valence-corrected chi connectivity index (χ3v) is 3.85. The Morgan fingerprint density at radius 3 is 2.63 bits per heavy atom. The second-order valence-corrected chi connectivity index (χ2v) is 5.11. The molecule has 0 radical (unpaired) electrons. The summed E-state index contributed by atoms with van der Waals surface area (Å²) in [5.74, 6) is 0. The van der Waals surface area contributed by atoms with Crippen molar-refractivity contribution in [2.45, 2.75) is 19.4 Å². The summed E-state index contributed by atoms with van der Waals surface area (Å²) in [6.45, 7) is 2.85. The summed E-state index contributed by atoms with van der Waals surface area (Å²) < 4.78 is 0. The van der Waals surface area contributed by atoms with Crippen LogP contribution in [0.3, 0.4) is 0 Å². The van der Waals surface area contributed by atoms with Crippen LogP contribution in [0.2, 0.25) is 0 Å². The SMILES string of the molecule is NCCc1cccc2c1CCN2Cc1ccccc1. The number of hydrogen-bond acceptors (Lipinski definition) is 2. The predicted octanol–water partition coefficient (Wildman–Crippen LogP) is 2.75. The van der Waals surface area contributed by atoms with Gasteiger partial charge < -0.3 is 10.6 Å². The molecule has 0 unspecified atom stereocenters. The van der Waals surface area contributed by atoms with Crippen LogP contribution in [0.15, 0.2) is 48.5 Å². The normalized spacial score (nSPS) is 13.6. The van der Waals surface area contributed by atoms with Gasteiger partial charge >= 0.3 is 0 Å². The first-order valence-corrected chi connectivity index (χ1v) is 6.98. The van der Waals surface area contributed by atoms with Gasteiger partial charge in [0.1, 0.15) is 0 Å². The van der Waals surface area contributed by atoms with E-state index < -0.39 is 0 Å². The van der Waals surface area contributed by atoms with E-state index in [4.69, 9.17) is 5.73 Å². The molecule has 2 aromatic rings. The molecule has 0 saturated carbocycles. The number of anilines is 1. The molecule has 0 amide bonds. The van der Waals surface area contributed by atoms with Gasteiger partial charge in [-0.15, -0.1) is 0 Å². The fraction of sp³-hybridized carbons (Fsp3) is 0.294. The highest BCUT2D eigenvalue weighted by atomic mass is 15.1. The molecule has 0 aromatic heterocycles. The van der Waals surface area contributed by atoms with Gasteiger partial charge in [-0.05, 0) is 42.1 Å². The van der Waals surface area contributed by atoms with Gasteiger partial charge in [0.15, 0.2) is 0 Å². The van der Waals surface area contributed by atoms with Gasteiger partial charge in [-0.2, -0.15) is 0 Å². The highest BCUT2D eigenvalue weighted by Crippen LogP contribution is 2.31. The molecule has 98 valence electrons. The largest absolute Gasteiger partial charge is 0.367 e. The van der Waals surface area contributed by atoms with Crippen LogP contribution in [0.25, 0.3) is 0 Å². The summed E-state index contributed by atoms with van der Waals surface area (Å²) in [6, 6.07) is 17.3. The third-order valence-electron chi connectivity index (χ3n) is 3.85. The molecule has 19 heavy (non-hydrogen) atoms. The van der Waals surface area contributed by atoms with E-state index in [1.54, 1.807) is 0 Å². The van der Waals surface area contributed by atoms with E-state index in [1.807, 2.05) is 0 Å². The zero-order valence-corrected chi connectivity index (χ0v) is 11.2. The van der Waals surface area contributed by atoms with Crippen molar-refractivity contribution in [1.82, 2.24) is 0 Å². The molecule has 3 rings (SSSR count). The van der Waals surface area contributed by atoms with E-state index in [0.717, 1.165) is 32.5 Å². The molecule has 0 fully saturated rings. The smallest absolute Gasteiger partial charge is 0.0429 e. The van der Waals surface area contributed by atoms with Gasteiger partial charge in [-0.3, -0.25) is 0 Å². The highest BCUT2D eigenvalue weighted by molar-refractivity contribution is 5.61. The monoisotopic (exact) mass is 252 g/mol. The summed E-state index contributed by atoms with van der Waals surface area (Å²) in [5.41, 5.74) is 11.4. The topological polar surface area (TPSA) is 29.3 Å². The molecule has 2 nitrogen and oxygen atoms in total. The zero-order chi connectivity index (χ0) is 13.1. The second-order valence-electron chi connectivity index (χ2n) is 5.11. The number of nitrogens with zero attached hydrogens (tertiary/aromatic N) is 1. The maximum absolute atomic E-state index is 5.70. The minimum Gasteiger partial charge on any atom is -0.367 e. The second kappa shape index (κ2) is 5.45. The highest BCUT2D eigenvalue weighted by Gasteiger charge is 2.20. The Bertz CT molecular complexity index is 548. The van der Waals surface area contributed by atoms with Gasteiger partial charge in [-0.25, -0.2) is 0 Å². The minimum absolute atomic E-state index is 0.731. The lowest BCUT2D eigenvalue weighted by atomic mass is 10.0. The van der Waals surface area contributed by atoms with Crippen LogP contribution in [0, 0.1) is 0 Å². The first kappa shape index (κ1) is 12.2. The molecule has 2 N–H and O–H groups in total. The van der Waals surface area contributed by atoms with Crippen molar-refractivity contribution in [2.24, 2.45) is 5.73 Å². The van der Waals surface area contributed by atoms with Crippen LogP contribution >= 0.6 is 0 Å². The maximum Gasteiger partial charge on any atom is 0.0429 e. The Labute approximate surface area is 114 Å². The van der Waals surface area contributed by atoms with Gasteiger partial charge in [0, 0.05) is 18.8 Å². The van der Waals surface area contributed by atoms with E-state index in [9.17, 15) is 0 Å². The van der Waals surface area contributed by atoms with Crippen molar-refractivity contribution in [2.75, 3.05) is 18.0 Å². The molecule has 0 bridgehead atoms. The fourth-order valence-corrected chi connectivity index (χ4v) is 2.93. The van der Waals surface area contributed by atoms with E-state index >= 15 is 0 Å². The standard InChI is InChI=1S/C17H20N2/c18-11-9-15-7-4-8-17-16(15)10-12-19(17)13-14-5-2-1-3-6-14/h1-8H,9-13,18H2. The molecule has 1 aliphatic rings. The average molecular weight is 252 g/mol. The van der Waals surface area contributed by atoms with Crippen LogP contribution in [0.4, 0.5) is 5.69 Å². The lowest BCUT2D eigenvalue weighted by Gasteiger charge is -2.20. The third kappa shape index (κ3) is 2.49. The van der Waals surface area contributed by atoms with E-state index in [1.165, 1.54) is 22.4 Å². The van der Waals surface area contributed by atoms with Gasteiger partial charge in [0.25, 0.3) is 0 Å². The molecule has 2 aromatic carbocycles. The molecule has 1 heterocycles. The van der Waals surface area contributed by atoms with Crippen LogP contribution in [-0.2, 0) is 19.4 Å². The average Bonchev–Trinajstić information content (AvgIpc) is 2.85. The Balaban J connectivity index is 1.84. The molecule has 1 aliphatic heterocycles. The van der Waals surface area contributed by atoms with Gasteiger partial charge in [0.05, 0.1) is 0 Å². The van der Waals surface area contributed by atoms with Crippen molar-refractivity contribution in [3.8, 4) is 0 Å². The number of nitrogens with two attached hydrogens (primary N) is 1. The van der Waals surface area contributed by atoms with Crippen LogP contribution in [0.5, 0.6) is 0 Å². The Kier molecular flexibility index (Phi) is 3.51. The van der Waals surface area contributed by atoms with Crippen molar-refractivity contribution in [3.05, 3.63) is 65.2 Å². The lowest BCUT2D eigenvalue weighted by molar-refractivity contribution is 0.834. The summed E-state index contributed by atoms with van der Waals surface area (Å²) in [4.78, 5) is 2.48. The number of fused-ring (bicyclic) bond motifs is 1. The summed E-state index contributed by atoms with van der Waals surface area (Å²) in [5, 5.41) is 0. The van der Waals surface area contributed by atoms with Crippen molar-refractivity contribution in [3.63, 3.8) is 0 Å². The van der Waals surface area contributed by atoms with Gasteiger partial charge in [0.2, 0.25) is 0 Å². The first-order valence-electron chi connectivity index (χ1n) is 6.98. The zero-order valence-electron chi connectivity index (χ0n) is 11.2. The van der Waals surface area contributed by atoms with Crippen molar-refractivity contribution < 1.29 is 0 Å². The fourth-order valence-electron chi connectivity index (χ4n) is 2.93. The minimum atomic E-state index is 0.731. The molecule has 0 saturated heterocycles. The Hall–Kier alpha value is -1.80. The maximum atomic E-state index is 5.70. The summed E-state index contributed by atoms with van der Waals surface area (Å²) >= 11 is 0. The van der Waals surface area contributed by atoms with E-state index in [0.29, 0.717) is 0 Å². The summed E-state index contributed by atoms with van der Waals surface area (Å²) in [6.07, 6.45) is 2.14. The van der Waals surface area contributed by atoms with E-state index in [2.05, 4.69) is 53.4 Å². The molecular weight excluding hydrogens is 232 g/mol. The van der Waals surface area contributed by atoms with E-state index in [-0.39, 0.29) is 0 Å². The van der Waals surface area contributed by atoms with Crippen molar-refractivity contribution in [1.29, 1.82) is 0 Å². The van der Waals surface area contributed by atoms with Crippen molar-refractivity contribution >= 4 is 5.69 Å². The molecule has 2 heteroatoms. The molecule has 0 spiro atoms.